The zero-order valence-corrected chi connectivity index (χ0v) is 13.1. The van der Waals surface area contributed by atoms with E-state index in [-0.39, 0.29) is 18.1 Å². The molecular weight excluding hydrogens is 280 g/mol. The summed E-state index contributed by atoms with van der Waals surface area (Å²) in [4.78, 5) is 14.6. The minimum atomic E-state index is -0.0566. The Bertz CT molecular complexity index is 653. The Balaban J connectivity index is 1.88. The number of carbonyl (C=O) groups is 1. The molecule has 2 atom stereocenters. The van der Waals surface area contributed by atoms with Gasteiger partial charge in [-0.05, 0) is 20.8 Å². The highest BCUT2D eigenvalue weighted by molar-refractivity contribution is 5.99. The van der Waals surface area contributed by atoms with E-state index in [4.69, 9.17) is 9.26 Å². The van der Waals surface area contributed by atoms with E-state index in [1.165, 1.54) is 6.20 Å². The Labute approximate surface area is 129 Å². The minimum absolute atomic E-state index is 0.0374. The average Bonchev–Trinajstić information content (AvgIpc) is 2.95. The highest BCUT2D eigenvalue weighted by Gasteiger charge is 2.29. The van der Waals surface area contributed by atoms with Crippen LogP contribution in [0.25, 0.3) is 11.3 Å². The monoisotopic (exact) mass is 300 g/mol. The second-order valence-electron chi connectivity index (χ2n) is 5.90. The predicted octanol–water partition coefficient (Wildman–Crippen LogP) is 2.90. The summed E-state index contributed by atoms with van der Waals surface area (Å²) in [5, 5.41) is 3.82. The second-order valence-corrected chi connectivity index (χ2v) is 5.90. The summed E-state index contributed by atoms with van der Waals surface area (Å²) in [7, 11) is 0. The zero-order chi connectivity index (χ0) is 15.7. The number of nitrogens with zero attached hydrogens (tertiary/aromatic N) is 2. The first kappa shape index (κ1) is 14.8. The number of aromatic nitrogens is 1. The fourth-order valence-electron chi connectivity index (χ4n) is 2.82. The Morgan fingerprint density at radius 2 is 1.82 bits per heavy atom. The van der Waals surface area contributed by atoms with Gasteiger partial charge in [0.05, 0.1) is 18.4 Å². The van der Waals surface area contributed by atoms with Crippen molar-refractivity contribution >= 4 is 5.91 Å². The maximum absolute atomic E-state index is 12.8. The van der Waals surface area contributed by atoms with E-state index < -0.39 is 0 Å². The molecule has 1 aromatic heterocycles. The number of rotatable bonds is 2. The van der Waals surface area contributed by atoms with Gasteiger partial charge in [-0.25, -0.2) is 0 Å². The molecule has 0 radical (unpaired) electrons. The molecule has 1 unspecified atom stereocenters. The van der Waals surface area contributed by atoms with E-state index in [1.54, 1.807) is 0 Å². The first-order chi connectivity index (χ1) is 10.5. The number of carbonyl (C=O) groups excluding carboxylic acids is 1. The number of amides is 1. The third-order valence-corrected chi connectivity index (χ3v) is 3.82. The lowest BCUT2D eigenvalue weighted by Gasteiger charge is -2.35. The maximum atomic E-state index is 12.8. The van der Waals surface area contributed by atoms with Crippen molar-refractivity contribution in [3.05, 3.63) is 41.6 Å². The van der Waals surface area contributed by atoms with Crippen molar-refractivity contribution in [3.63, 3.8) is 0 Å². The van der Waals surface area contributed by atoms with Crippen molar-refractivity contribution in [3.8, 4) is 11.3 Å². The summed E-state index contributed by atoms with van der Waals surface area (Å²) in [6.45, 7) is 7.14. The number of morpholine rings is 1. The van der Waals surface area contributed by atoms with Crippen LogP contribution in [0.2, 0.25) is 0 Å². The predicted molar refractivity (Wildman–Crippen MR) is 82.6 cm³/mol. The molecule has 1 aromatic carbocycles. The number of aryl methyl sites for hydroxylation is 1. The van der Waals surface area contributed by atoms with Crippen LogP contribution in [0.5, 0.6) is 0 Å². The summed E-state index contributed by atoms with van der Waals surface area (Å²) in [5.74, 6) is 0.468. The van der Waals surface area contributed by atoms with E-state index in [1.807, 2.05) is 49.9 Å². The molecule has 1 saturated heterocycles. The number of benzene rings is 1. The van der Waals surface area contributed by atoms with Crippen LogP contribution in [0.15, 0.2) is 35.0 Å². The van der Waals surface area contributed by atoms with E-state index in [2.05, 4.69) is 5.16 Å². The van der Waals surface area contributed by atoms with Crippen molar-refractivity contribution in [1.29, 1.82) is 0 Å². The standard InChI is InChI=1S/C17H20N2O3/c1-11-4-6-14(7-5-11)16-15(8-18-22-16)17(20)19-9-12(2)21-13(3)10-19/h4-8,12-13H,9-10H2,1-3H3/t12-,13?/m1/s1. The van der Waals surface area contributed by atoms with Gasteiger partial charge in [-0.3, -0.25) is 4.79 Å². The lowest BCUT2D eigenvalue weighted by Crippen LogP contribution is -2.48. The lowest BCUT2D eigenvalue weighted by molar-refractivity contribution is -0.0586. The summed E-state index contributed by atoms with van der Waals surface area (Å²) in [5.41, 5.74) is 2.53. The average molecular weight is 300 g/mol. The number of hydrogen-bond acceptors (Lipinski definition) is 4. The van der Waals surface area contributed by atoms with Crippen molar-refractivity contribution in [1.82, 2.24) is 10.1 Å². The van der Waals surface area contributed by atoms with Crippen LogP contribution in [-0.2, 0) is 4.74 Å². The van der Waals surface area contributed by atoms with Gasteiger partial charge in [-0.2, -0.15) is 0 Å². The molecule has 3 rings (SSSR count). The van der Waals surface area contributed by atoms with Crippen molar-refractivity contribution in [2.75, 3.05) is 13.1 Å². The molecule has 2 heterocycles. The van der Waals surface area contributed by atoms with Crippen LogP contribution >= 0.6 is 0 Å². The van der Waals surface area contributed by atoms with Crippen LogP contribution < -0.4 is 0 Å². The highest BCUT2D eigenvalue weighted by Crippen LogP contribution is 2.26. The lowest BCUT2D eigenvalue weighted by atomic mass is 10.1. The van der Waals surface area contributed by atoms with Gasteiger partial charge < -0.3 is 14.2 Å². The fourth-order valence-corrected chi connectivity index (χ4v) is 2.82. The minimum Gasteiger partial charge on any atom is -0.372 e. The Morgan fingerprint density at radius 1 is 1.18 bits per heavy atom. The molecule has 116 valence electrons. The summed E-state index contributed by atoms with van der Waals surface area (Å²) < 4.78 is 11.0. The molecule has 22 heavy (non-hydrogen) atoms. The van der Waals surface area contributed by atoms with Gasteiger partial charge in [0.25, 0.3) is 5.91 Å². The van der Waals surface area contributed by atoms with Gasteiger partial charge >= 0.3 is 0 Å². The van der Waals surface area contributed by atoms with Gasteiger partial charge in [-0.15, -0.1) is 0 Å². The maximum Gasteiger partial charge on any atom is 0.259 e. The largest absolute Gasteiger partial charge is 0.372 e. The molecule has 0 bridgehead atoms. The van der Waals surface area contributed by atoms with E-state index in [0.717, 1.165) is 11.1 Å². The molecule has 0 aliphatic carbocycles. The second kappa shape index (κ2) is 5.93. The topological polar surface area (TPSA) is 55.6 Å². The molecule has 2 aromatic rings. The Hall–Kier alpha value is -2.14. The van der Waals surface area contributed by atoms with Crippen molar-refractivity contribution < 1.29 is 14.1 Å². The molecule has 0 N–H and O–H groups in total. The molecule has 1 amide bonds. The van der Waals surface area contributed by atoms with Crippen LogP contribution in [0.1, 0.15) is 29.8 Å². The third kappa shape index (κ3) is 2.90. The van der Waals surface area contributed by atoms with Crippen LogP contribution in [0, 0.1) is 6.92 Å². The molecule has 0 spiro atoms. The van der Waals surface area contributed by atoms with E-state index >= 15 is 0 Å². The highest BCUT2D eigenvalue weighted by atomic mass is 16.5. The molecule has 1 aliphatic heterocycles. The van der Waals surface area contributed by atoms with E-state index in [9.17, 15) is 4.79 Å². The summed E-state index contributed by atoms with van der Waals surface area (Å²) >= 11 is 0. The first-order valence-electron chi connectivity index (χ1n) is 7.51. The zero-order valence-electron chi connectivity index (χ0n) is 13.1. The Kier molecular flexibility index (Phi) is 3.98. The van der Waals surface area contributed by atoms with Gasteiger partial charge in [0, 0.05) is 18.7 Å². The van der Waals surface area contributed by atoms with Gasteiger partial charge in [0.1, 0.15) is 5.56 Å². The smallest absolute Gasteiger partial charge is 0.259 e. The summed E-state index contributed by atoms with van der Waals surface area (Å²) in [6.07, 6.45) is 1.58. The molecule has 1 fully saturated rings. The quantitative estimate of drug-likeness (QED) is 0.855. The molecule has 0 saturated carbocycles. The SMILES string of the molecule is Cc1ccc(-c2oncc2C(=O)N2CC(C)O[C@H](C)C2)cc1. The van der Waals surface area contributed by atoms with Gasteiger partial charge in [-0.1, -0.05) is 35.0 Å². The van der Waals surface area contributed by atoms with E-state index in [0.29, 0.717) is 24.4 Å². The van der Waals surface area contributed by atoms with Crippen LogP contribution in [-0.4, -0.2) is 41.3 Å². The van der Waals surface area contributed by atoms with Crippen molar-refractivity contribution in [2.24, 2.45) is 0 Å². The normalized spacial score (nSPS) is 21.9. The Morgan fingerprint density at radius 3 is 2.45 bits per heavy atom. The number of hydrogen-bond donors (Lipinski definition) is 0. The first-order valence-corrected chi connectivity index (χ1v) is 7.51. The third-order valence-electron chi connectivity index (χ3n) is 3.82. The molecule has 5 heteroatoms. The van der Waals surface area contributed by atoms with Crippen LogP contribution in [0.4, 0.5) is 0 Å². The fraction of sp³-hybridized carbons (Fsp3) is 0.412. The molecule has 5 nitrogen and oxygen atoms in total. The van der Waals surface area contributed by atoms with Gasteiger partial charge in [0.2, 0.25) is 0 Å². The van der Waals surface area contributed by atoms with Gasteiger partial charge in [0.15, 0.2) is 5.76 Å². The summed E-state index contributed by atoms with van der Waals surface area (Å²) in [6, 6.07) is 7.87. The van der Waals surface area contributed by atoms with Crippen LogP contribution in [0.3, 0.4) is 0 Å². The molecular formula is C17H20N2O3. The van der Waals surface area contributed by atoms with Crippen molar-refractivity contribution in [2.45, 2.75) is 33.0 Å². The molecule has 1 aliphatic rings. The number of ether oxygens (including phenoxy) is 1.